The molecule has 1 fully saturated rings. The maximum absolute atomic E-state index is 12.0. The topological polar surface area (TPSA) is 95.5 Å². The van der Waals surface area contributed by atoms with Gasteiger partial charge in [0.25, 0.3) is 0 Å². The summed E-state index contributed by atoms with van der Waals surface area (Å²) in [5.74, 6) is -1.41. The molecule has 1 heterocycles. The SMILES string of the molecule is CC(C)CC(NC(=O)C1CCCCC(=O)N1)C(=O)O. The zero-order valence-electron chi connectivity index (χ0n) is 11.4. The third-order valence-corrected chi connectivity index (χ3v) is 3.12. The molecule has 2 amide bonds. The summed E-state index contributed by atoms with van der Waals surface area (Å²) in [6.07, 6.45) is 2.92. The minimum Gasteiger partial charge on any atom is -0.480 e. The van der Waals surface area contributed by atoms with Crippen LogP contribution in [0.25, 0.3) is 0 Å². The highest BCUT2D eigenvalue weighted by Gasteiger charge is 2.27. The molecule has 0 spiro atoms. The van der Waals surface area contributed by atoms with Crippen molar-refractivity contribution in [3.63, 3.8) is 0 Å². The van der Waals surface area contributed by atoms with E-state index in [0.717, 1.165) is 12.8 Å². The third-order valence-electron chi connectivity index (χ3n) is 3.12. The van der Waals surface area contributed by atoms with Gasteiger partial charge in [0.05, 0.1) is 0 Å². The summed E-state index contributed by atoms with van der Waals surface area (Å²) in [6, 6.07) is -1.50. The molecule has 0 aromatic rings. The molecule has 108 valence electrons. The van der Waals surface area contributed by atoms with Crippen LogP contribution in [0, 0.1) is 5.92 Å². The second-order valence-corrected chi connectivity index (χ2v) is 5.39. The minimum absolute atomic E-state index is 0.145. The average molecular weight is 270 g/mol. The highest BCUT2D eigenvalue weighted by molar-refractivity contribution is 5.90. The Morgan fingerprint density at radius 2 is 2.11 bits per heavy atom. The first-order valence-electron chi connectivity index (χ1n) is 6.72. The Balaban J connectivity index is 2.59. The fraction of sp³-hybridized carbons (Fsp3) is 0.769. The van der Waals surface area contributed by atoms with E-state index >= 15 is 0 Å². The normalized spacial score (nSPS) is 21.4. The Morgan fingerprint density at radius 3 is 2.68 bits per heavy atom. The van der Waals surface area contributed by atoms with E-state index in [0.29, 0.717) is 19.3 Å². The van der Waals surface area contributed by atoms with E-state index in [1.807, 2.05) is 13.8 Å². The molecule has 0 radical (unpaired) electrons. The quantitative estimate of drug-likeness (QED) is 0.684. The molecule has 1 aliphatic rings. The summed E-state index contributed by atoms with van der Waals surface area (Å²) in [5.41, 5.74) is 0. The average Bonchev–Trinajstić information content (AvgIpc) is 2.52. The van der Waals surface area contributed by atoms with Crippen molar-refractivity contribution >= 4 is 17.8 Å². The Hall–Kier alpha value is -1.59. The van der Waals surface area contributed by atoms with E-state index < -0.39 is 24.0 Å². The van der Waals surface area contributed by atoms with Crippen LogP contribution in [0.15, 0.2) is 0 Å². The Bertz CT molecular complexity index is 355. The zero-order chi connectivity index (χ0) is 14.4. The summed E-state index contributed by atoms with van der Waals surface area (Å²) in [4.78, 5) is 34.5. The molecule has 1 saturated heterocycles. The van der Waals surface area contributed by atoms with Gasteiger partial charge in [-0.1, -0.05) is 20.3 Å². The van der Waals surface area contributed by atoms with Gasteiger partial charge in [-0.25, -0.2) is 4.79 Å². The smallest absolute Gasteiger partial charge is 0.326 e. The molecule has 3 N–H and O–H groups in total. The molecule has 2 unspecified atom stereocenters. The lowest BCUT2D eigenvalue weighted by atomic mass is 10.0. The standard InChI is InChI=1S/C13H22N2O4/c1-8(2)7-10(13(18)19)15-12(17)9-5-3-4-6-11(16)14-9/h8-10H,3-7H2,1-2H3,(H,14,16)(H,15,17)(H,18,19). The first kappa shape index (κ1) is 15.5. The van der Waals surface area contributed by atoms with E-state index in [2.05, 4.69) is 10.6 Å². The molecule has 0 aromatic carbocycles. The summed E-state index contributed by atoms with van der Waals surface area (Å²) in [6.45, 7) is 3.80. The molecule has 1 aliphatic heterocycles. The lowest BCUT2D eigenvalue weighted by Gasteiger charge is -2.21. The molecule has 0 saturated carbocycles. The van der Waals surface area contributed by atoms with Gasteiger partial charge in [-0.2, -0.15) is 0 Å². The van der Waals surface area contributed by atoms with Crippen LogP contribution in [-0.4, -0.2) is 35.0 Å². The van der Waals surface area contributed by atoms with Crippen molar-refractivity contribution in [2.45, 2.75) is 58.0 Å². The molecule has 0 bridgehead atoms. The number of rotatable bonds is 5. The van der Waals surface area contributed by atoms with Gasteiger partial charge in [0, 0.05) is 6.42 Å². The number of carbonyl (C=O) groups excluding carboxylic acids is 2. The predicted octanol–water partition coefficient (Wildman–Crippen LogP) is 0.661. The molecule has 0 aromatic heterocycles. The van der Waals surface area contributed by atoms with Crippen molar-refractivity contribution in [1.82, 2.24) is 10.6 Å². The second kappa shape index (κ2) is 7.11. The Kier molecular flexibility index (Phi) is 5.79. The highest BCUT2D eigenvalue weighted by atomic mass is 16.4. The molecular weight excluding hydrogens is 248 g/mol. The third kappa shape index (κ3) is 5.28. The van der Waals surface area contributed by atoms with Crippen LogP contribution in [0.1, 0.15) is 46.0 Å². The van der Waals surface area contributed by atoms with Gasteiger partial charge >= 0.3 is 5.97 Å². The molecule has 19 heavy (non-hydrogen) atoms. The maximum Gasteiger partial charge on any atom is 0.326 e. The number of hydrogen-bond donors (Lipinski definition) is 3. The summed E-state index contributed by atoms with van der Waals surface area (Å²) in [5, 5.41) is 14.2. The van der Waals surface area contributed by atoms with Gasteiger partial charge in [-0.3, -0.25) is 9.59 Å². The van der Waals surface area contributed by atoms with Crippen molar-refractivity contribution in [1.29, 1.82) is 0 Å². The molecular formula is C13H22N2O4. The van der Waals surface area contributed by atoms with E-state index in [9.17, 15) is 14.4 Å². The van der Waals surface area contributed by atoms with Crippen molar-refractivity contribution in [2.24, 2.45) is 5.92 Å². The number of nitrogens with one attached hydrogen (secondary N) is 2. The summed E-state index contributed by atoms with van der Waals surface area (Å²) >= 11 is 0. The molecule has 0 aliphatic carbocycles. The van der Waals surface area contributed by atoms with E-state index in [1.165, 1.54) is 0 Å². The maximum atomic E-state index is 12.0. The first-order valence-corrected chi connectivity index (χ1v) is 6.72. The number of carbonyl (C=O) groups is 3. The van der Waals surface area contributed by atoms with Crippen LogP contribution in [0.5, 0.6) is 0 Å². The first-order chi connectivity index (χ1) is 8.90. The van der Waals surface area contributed by atoms with Crippen LogP contribution in [0.3, 0.4) is 0 Å². The van der Waals surface area contributed by atoms with Crippen LogP contribution in [0.4, 0.5) is 0 Å². The number of hydrogen-bond acceptors (Lipinski definition) is 3. The van der Waals surface area contributed by atoms with E-state index in [4.69, 9.17) is 5.11 Å². The fourth-order valence-corrected chi connectivity index (χ4v) is 2.13. The fourth-order valence-electron chi connectivity index (χ4n) is 2.13. The lowest BCUT2D eigenvalue weighted by Crippen LogP contribution is -2.51. The van der Waals surface area contributed by atoms with Gasteiger partial charge in [0.1, 0.15) is 12.1 Å². The van der Waals surface area contributed by atoms with Gasteiger partial charge in [-0.15, -0.1) is 0 Å². The van der Waals surface area contributed by atoms with E-state index in [-0.39, 0.29) is 11.8 Å². The Labute approximate surface area is 112 Å². The van der Waals surface area contributed by atoms with Crippen LogP contribution in [-0.2, 0) is 14.4 Å². The minimum atomic E-state index is -1.04. The van der Waals surface area contributed by atoms with Crippen LogP contribution in [0.2, 0.25) is 0 Å². The van der Waals surface area contributed by atoms with Gasteiger partial charge in [0.2, 0.25) is 11.8 Å². The van der Waals surface area contributed by atoms with Crippen molar-refractivity contribution in [2.75, 3.05) is 0 Å². The van der Waals surface area contributed by atoms with Crippen molar-refractivity contribution < 1.29 is 19.5 Å². The van der Waals surface area contributed by atoms with Crippen LogP contribution >= 0.6 is 0 Å². The Morgan fingerprint density at radius 1 is 1.42 bits per heavy atom. The van der Waals surface area contributed by atoms with Gasteiger partial charge in [-0.05, 0) is 25.2 Å². The lowest BCUT2D eigenvalue weighted by molar-refractivity contribution is -0.142. The number of amides is 2. The molecule has 6 heteroatoms. The molecule has 6 nitrogen and oxygen atoms in total. The zero-order valence-corrected chi connectivity index (χ0v) is 11.4. The summed E-state index contributed by atoms with van der Waals surface area (Å²) in [7, 11) is 0. The van der Waals surface area contributed by atoms with E-state index in [1.54, 1.807) is 0 Å². The highest BCUT2D eigenvalue weighted by Crippen LogP contribution is 2.11. The van der Waals surface area contributed by atoms with Crippen molar-refractivity contribution in [3.8, 4) is 0 Å². The molecule has 1 rings (SSSR count). The molecule has 2 atom stereocenters. The van der Waals surface area contributed by atoms with Crippen LogP contribution < -0.4 is 10.6 Å². The number of carboxylic acid groups (broad SMARTS) is 1. The number of aliphatic carboxylic acids is 1. The van der Waals surface area contributed by atoms with Crippen molar-refractivity contribution in [3.05, 3.63) is 0 Å². The monoisotopic (exact) mass is 270 g/mol. The van der Waals surface area contributed by atoms with Gasteiger partial charge in [0.15, 0.2) is 0 Å². The number of carboxylic acids is 1. The predicted molar refractivity (Wildman–Crippen MR) is 69.4 cm³/mol. The largest absolute Gasteiger partial charge is 0.480 e. The summed E-state index contributed by atoms with van der Waals surface area (Å²) < 4.78 is 0. The van der Waals surface area contributed by atoms with Gasteiger partial charge < -0.3 is 15.7 Å². The second-order valence-electron chi connectivity index (χ2n) is 5.39.